The van der Waals surface area contributed by atoms with E-state index in [0.29, 0.717) is 25.2 Å². The van der Waals surface area contributed by atoms with Crippen LogP contribution in [0.3, 0.4) is 0 Å². The van der Waals surface area contributed by atoms with Crippen LogP contribution < -0.4 is 9.80 Å². The zero-order valence-electron chi connectivity index (χ0n) is 27.7. The molecule has 9 heteroatoms. The largest absolute Gasteiger partial charge is 0.377 e. The van der Waals surface area contributed by atoms with Crippen molar-refractivity contribution in [3.63, 3.8) is 0 Å². The summed E-state index contributed by atoms with van der Waals surface area (Å²) in [4.78, 5) is 38.4. The number of nitrogens with zero attached hydrogens (tertiary/aromatic N) is 6. The molecule has 9 rings (SSSR count). The van der Waals surface area contributed by atoms with E-state index in [1.54, 1.807) is 6.20 Å². The van der Waals surface area contributed by atoms with Crippen LogP contribution >= 0.6 is 0 Å². The summed E-state index contributed by atoms with van der Waals surface area (Å²) in [6, 6.07) is 16.9. The lowest BCUT2D eigenvalue weighted by atomic mass is 9.85. The number of ether oxygens (including phenoxy) is 1. The molecule has 1 saturated heterocycles. The predicted octanol–water partition coefficient (Wildman–Crippen LogP) is 6.28. The quantitative estimate of drug-likeness (QED) is 0.256. The van der Waals surface area contributed by atoms with E-state index in [-0.39, 0.29) is 17.9 Å². The minimum Gasteiger partial charge on any atom is -0.377 e. The standard InChI is InChI=1S/C20H21N3O2.C18H19N3O/c1-20(2)15-6-5-13(17-8-7-16(21-22-17)12-3-4-12)9-18(15)23(19(20)24)14-10-25-11-14;1-11-8-12(6-7-19-11)15-9-16-14(10-20-15)18(2,3)17(22)21(16)13-4-5-13/h5-9,12,14H,3-4,10-11H2,1-2H3;6-10,13H,4-5H2,1-3H3. The van der Waals surface area contributed by atoms with E-state index < -0.39 is 10.8 Å². The number of hydrogen-bond acceptors (Lipinski definition) is 7. The van der Waals surface area contributed by atoms with Gasteiger partial charge in [0.15, 0.2) is 0 Å². The smallest absolute Gasteiger partial charge is 0.237 e. The zero-order chi connectivity index (χ0) is 32.7. The first kappa shape index (κ1) is 29.9. The summed E-state index contributed by atoms with van der Waals surface area (Å²) in [5.74, 6) is 0.965. The Bertz CT molecular complexity index is 1910. The Morgan fingerprint density at radius 3 is 2.00 bits per heavy atom. The second kappa shape index (κ2) is 10.8. The highest BCUT2D eigenvalue weighted by Crippen LogP contribution is 2.48. The third kappa shape index (κ3) is 5.03. The van der Waals surface area contributed by atoms with Gasteiger partial charge in [0.25, 0.3) is 0 Å². The van der Waals surface area contributed by atoms with Crippen LogP contribution in [0.4, 0.5) is 11.4 Å². The fourth-order valence-corrected chi connectivity index (χ4v) is 6.98. The SMILES string of the molecule is CC1(C)C(=O)N(C2COC2)c2cc(-c3ccc(C4CC4)nn3)ccc21.Cc1cc(-c2cc3c(cn2)C(C)(C)C(=O)N3C2CC2)ccn1. The molecule has 3 fully saturated rings. The fourth-order valence-electron chi connectivity index (χ4n) is 6.98. The number of pyridine rings is 2. The van der Waals surface area contributed by atoms with Crippen molar-refractivity contribution < 1.29 is 14.3 Å². The number of benzene rings is 1. The molecule has 0 N–H and O–H groups in total. The number of carbonyl (C=O) groups excluding carboxylic acids is 2. The molecular weight excluding hydrogens is 588 g/mol. The van der Waals surface area contributed by atoms with E-state index in [0.717, 1.165) is 69.2 Å². The molecule has 240 valence electrons. The van der Waals surface area contributed by atoms with E-state index >= 15 is 0 Å². The van der Waals surface area contributed by atoms with Gasteiger partial charge in [-0.1, -0.05) is 12.1 Å². The Morgan fingerprint density at radius 1 is 0.702 bits per heavy atom. The molecule has 2 saturated carbocycles. The summed E-state index contributed by atoms with van der Waals surface area (Å²) < 4.78 is 5.32. The third-order valence-electron chi connectivity index (χ3n) is 10.3. The molecule has 47 heavy (non-hydrogen) atoms. The lowest BCUT2D eigenvalue weighted by Gasteiger charge is -2.35. The number of aromatic nitrogens is 4. The Hall–Kier alpha value is -4.50. The van der Waals surface area contributed by atoms with E-state index in [1.165, 1.54) is 12.8 Å². The molecule has 9 nitrogen and oxygen atoms in total. The van der Waals surface area contributed by atoms with Crippen LogP contribution in [-0.4, -0.2) is 57.3 Å². The molecule has 5 aliphatic rings. The molecule has 4 aromatic rings. The van der Waals surface area contributed by atoms with Crippen LogP contribution in [0.5, 0.6) is 0 Å². The summed E-state index contributed by atoms with van der Waals surface area (Å²) in [6.45, 7) is 11.2. The number of carbonyl (C=O) groups is 2. The van der Waals surface area contributed by atoms with E-state index in [4.69, 9.17) is 4.74 Å². The molecule has 2 aliphatic carbocycles. The van der Waals surface area contributed by atoms with Gasteiger partial charge in [-0.05, 0) is 102 Å². The second-order valence-corrected chi connectivity index (χ2v) is 14.6. The van der Waals surface area contributed by atoms with Gasteiger partial charge in [-0.25, -0.2) is 0 Å². The van der Waals surface area contributed by atoms with Crippen molar-refractivity contribution in [1.29, 1.82) is 0 Å². The van der Waals surface area contributed by atoms with Crippen molar-refractivity contribution in [3.05, 3.63) is 83.4 Å². The van der Waals surface area contributed by atoms with Crippen molar-refractivity contribution in [3.8, 4) is 22.5 Å². The molecule has 0 radical (unpaired) electrons. The second-order valence-electron chi connectivity index (χ2n) is 14.6. The van der Waals surface area contributed by atoms with Crippen molar-refractivity contribution in [1.82, 2.24) is 20.2 Å². The third-order valence-corrected chi connectivity index (χ3v) is 10.3. The summed E-state index contributed by atoms with van der Waals surface area (Å²) in [7, 11) is 0. The Labute approximate surface area is 275 Å². The first-order chi connectivity index (χ1) is 22.5. The van der Waals surface area contributed by atoms with Crippen LogP contribution in [0.25, 0.3) is 22.5 Å². The van der Waals surface area contributed by atoms with Gasteiger partial charge in [-0.2, -0.15) is 10.2 Å². The first-order valence-electron chi connectivity index (χ1n) is 16.7. The van der Waals surface area contributed by atoms with Crippen LogP contribution in [-0.2, 0) is 25.2 Å². The summed E-state index contributed by atoms with van der Waals surface area (Å²) in [6.07, 6.45) is 8.33. The van der Waals surface area contributed by atoms with E-state index in [1.807, 2.05) is 68.8 Å². The zero-order valence-corrected chi connectivity index (χ0v) is 27.7. The molecule has 0 unspecified atom stereocenters. The minimum absolute atomic E-state index is 0.145. The maximum atomic E-state index is 12.9. The molecule has 6 heterocycles. The molecule has 3 aromatic heterocycles. The average Bonchev–Trinajstić information content (AvgIpc) is 3.97. The lowest BCUT2D eigenvalue weighted by Crippen LogP contribution is -2.52. The van der Waals surface area contributed by atoms with Crippen molar-refractivity contribution >= 4 is 23.2 Å². The Kier molecular flexibility index (Phi) is 6.85. The number of hydrogen-bond donors (Lipinski definition) is 0. The maximum Gasteiger partial charge on any atom is 0.237 e. The lowest BCUT2D eigenvalue weighted by molar-refractivity contribution is -0.124. The fraction of sp³-hybridized carbons (Fsp3) is 0.421. The molecule has 0 spiro atoms. The van der Waals surface area contributed by atoms with Gasteiger partial charge >= 0.3 is 0 Å². The van der Waals surface area contributed by atoms with Gasteiger partial charge < -0.3 is 14.5 Å². The van der Waals surface area contributed by atoms with Crippen LogP contribution in [0, 0.1) is 6.92 Å². The highest BCUT2D eigenvalue weighted by molar-refractivity contribution is 6.09. The summed E-state index contributed by atoms with van der Waals surface area (Å²) in [5.41, 5.74) is 9.05. The van der Waals surface area contributed by atoms with Gasteiger partial charge in [-0.15, -0.1) is 0 Å². The topological polar surface area (TPSA) is 101 Å². The average molecular weight is 629 g/mol. The predicted molar refractivity (Wildman–Crippen MR) is 180 cm³/mol. The van der Waals surface area contributed by atoms with Gasteiger partial charge in [-0.3, -0.25) is 19.6 Å². The van der Waals surface area contributed by atoms with Gasteiger partial charge in [0.1, 0.15) is 0 Å². The number of amides is 2. The molecule has 0 bridgehead atoms. The van der Waals surface area contributed by atoms with Crippen molar-refractivity contribution in [2.45, 2.75) is 89.1 Å². The first-order valence-corrected chi connectivity index (χ1v) is 16.7. The normalized spacial score (nSPS) is 20.8. The highest BCUT2D eigenvalue weighted by atomic mass is 16.5. The van der Waals surface area contributed by atoms with Gasteiger partial charge in [0.2, 0.25) is 11.8 Å². The van der Waals surface area contributed by atoms with E-state index in [9.17, 15) is 9.59 Å². The number of rotatable bonds is 5. The maximum absolute atomic E-state index is 12.9. The van der Waals surface area contributed by atoms with Crippen molar-refractivity contribution in [2.24, 2.45) is 0 Å². The van der Waals surface area contributed by atoms with Gasteiger partial charge in [0.05, 0.1) is 52.9 Å². The molecule has 3 aliphatic heterocycles. The number of fused-ring (bicyclic) bond motifs is 2. The highest BCUT2D eigenvalue weighted by Gasteiger charge is 2.50. The van der Waals surface area contributed by atoms with Crippen LogP contribution in [0.15, 0.2) is 60.9 Å². The molecule has 2 amide bonds. The summed E-state index contributed by atoms with van der Waals surface area (Å²) in [5, 5.41) is 8.80. The minimum atomic E-state index is -0.495. The Morgan fingerprint density at radius 2 is 1.38 bits per heavy atom. The number of anilines is 2. The number of aryl methyl sites for hydroxylation is 1. The monoisotopic (exact) mass is 628 g/mol. The van der Waals surface area contributed by atoms with Gasteiger partial charge in [0, 0.05) is 52.4 Å². The molecular formula is C38H40N6O3. The van der Waals surface area contributed by atoms with Crippen LogP contribution in [0.1, 0.15) is 81.8 Å². The Balaban J connectivity index is 0.000000139. The van der Waals surface area contributed by atoms with Crippen molar-refractivity contribution in [2.75, 3.05) is 23.0 Å². The summed E-state index contributed by atoms with van der Waals surface area (Å²) >= 11 is 0. The molecule has 0 atom stereocenters. The van der Waals surface area contributed by atoms with E-state index in [2.05, 4.69) is 50.5 Å². The van der Waals surface area contributed by atoms with Crippen LogP contribution in [0.2, 0.25) is 0 Å². The molecule has 1 aromatic carbocycles.